The van der Waals surface area contributed by atoms with Crippen LogP contribution in [0.4, 0.5) is 5.69 Å². The maximum Gasteiger partial charge on any atom is 0.258 e. The van der Waals surface area contributed by atoms with Crippen molar-refractivity contribution in [3.63, 3.8) is 0 Å². The molecule has 1 saturated heterocycles. The molecule has 2 aromatic carbocycles. The molecule has 1 aliphatic heterocycles. The minimum atomic E-state index is -0.105. The topological polar surface area (TPSA) is 70.7 Å². The Kier molecular flexibility index (Phi) is 7.50. The van der Waals surface area contributed by atoms with Gasteiger partial charge in [-0.2, -0.15) is 0 Å². The second kappa shape index (κ2) is 10.5. The van der Waals surface area contributed by atoms with E-state index in [0.717, 1.165) is 38.0 Å². The van der Waals surface area contributed by atoms with Gasteiger partial charge in [0.2, 0.25) is 0 Å². The van der Waals surface area contributed by atoms with E-state index in [9.17, 15) is 9.59 Å². The SMILES string of the molecule is CCCNC(=O)c1ccccc1N1CCC(NC(=O)COc2ccccc2)CC1. The molecule has 2 amide bonds. The van der Waals surface area contributed by atoms with Crippen molar-refractivity contribution in [3.05, 3.63) is 60.2 Å². The normalized spacial score (nSPS) is 14.3. The maximum absolute atomic E-state index is 12.5. The standard InChI is InChI=1S/C23H29N3O3/c1-2-14-24-23(28)20-10-6-7-11-21(20)26-15-12-18(13-16-26)25-22(27)17-29-19-8-4-3-5-9-19/h3-11,18H,2,12-17H2,1H3,(H,24,28)(H,25,27). The van der Waals surface area contributed by atoms with Gasteiger partial charge in [-0.3, -0.25) is 9.59 Å². The highest BCUT2D eigenvalue weighted by Crippen LogP contribution is 2.24. The van der Waals surface area contributed by atoms with Crippen LogP contribution in [-0.4, -0.2) is 44.1 Å². The summed E-state index contributed by atoms with van der Waals surface area (Å²) in [4.78, 5) is 26.9. The smallest absolute Gasteiger partial charge is 0.258 e. The predicted octanol–water partition coefficient (Wildman–Crippen LogP) is 2.99. The summed E-state index contributed by atoms with van der Waals surface area (Å²) in [7, 11) is 0. The quantitative estimate of drug-likeness (QED) is 0.721. The molecule has 2 aromatic rings. The van der Waals surface area contributed by atoms with Gasteiger partial charge < -0.3 is 20.3 Å². The number of nitrogens with zero attached hydrogens (tertiary/aromatic N) is 1. The van der Waals surface area contributed by atoms with Crippen molar-refractivity contribution in [2.75, 3.05) is 31.1 Å². The van der Waals surface area contributed by atoms with E-state index >= 15 is 0 Å². The molecule has 0 unspecified atom stereocenters. The maximum atomic E-state index is 12.5. The molecule has 3 rings (SSSR count). The van der Waals surface area contributed by atoms with Crippen LogP contribution >= 0.6 is 0 Å². The average molecular weight is 396 g/mol. The lowest BCUT2D eigenvalue weighted by atomic mass is 10.0. The van der Waals surface area contributed by atoms with Crippen molar-refractivity contribution < 1.29 is 14.3 Å². The van der Waals surface area contributed by atoms with Gasteiger partial charge in [0.15, 0.2) is 6.61 Å². The number of ether oxygens (including phenoxy) is 1. The van der Waals surface area contributed by atoms with Gasteiger partial charge in [-0.05, 0) is 43.5 Å². The molecule has 0 saturated carbocycles. The van der Waals surface area contributed by atoms with Gasteiger partial charge in [0.1, 0.15) is 5.75 Å². The second-order valence-electron chi connectivity index (χ2n) is 7.20. The predicted molar refractivity (Wildman–Crippen MR) is 114 cm³/mol. The molecule has 1 aliphatic rings. The van der Waals surface area contributed by atoms with Crippen molar-refractivity contribution >= 4 is 17.5 Å². The van der Waals surface area contributed by atoms with Crippen molar-refractivity contribution in [3.8, 4) is 5.75 Å². The molecule has 6 nitrogen and oxygen atoms in total. The third-order valence-electron chi connectivity index (χ3n) is 5.00. The lowest BCUT2D eigenvalue weighted by molar-refractivity contribution is -0.123. The highest BCUT2D eigenvalue weighted by molar-refractivity contribution is 5.99. The van der Waals surface area contributed by atoms with Crippen LogP contribution < -0.4 is 20.3 Å². The zero-order valence-electron chi connectivity index (χ0n) is 16.9. The Labute approximate surface area is 172 Å². The molecule has 2 N–H and O–H groups in total. The summed E-state index contributed by atoms with van der Waals surface area (Å²) in [6.45, 7) is 4.32. The van der Waals surface area contributed by atoms with Crippen molar-refractivity contribution in [2.45, 2.75) is 32.2 Å². The summed E-state index contributed by atoms with van der Waals surface area (Å²) in [5, 5.41) is 6.01. The monoisotopic (exact) mass is 395 g/mol. The van der Waals surface area contributed by atoms with Gasteiger partial charge in [-0.1, -0.05) is 37.3 Å². The number of anilines is 1. The van der Waals surface area contributed by atoms with E-state index in [2.05, 4.69) is 15.5 Å². The average Bonchev–Trinajstić information content (AvgIpc) is 2.77. The first-order valence-electron chi connectivity index (χ1n) is 10.3. The van der Waals surface area contributed by atoms with Crippen LogP contribution in [0.15, 0.2) is 54.6 Å². The molecule has 1 heterocycles. The molecule has 0 aromatic heterocycles. The van der Waals surface area contributed by atoms with E-state index in [1.54, 1.807) is 0 Å². The number of amides is 2. The number of rotatable bonds is 8. The highest BCUT2D eigenvalue weighted by atomic mass is 16.5. The van der Waals surface area contributed by atoms with Gasteiger partial charge in [0.05, 0.1) is 5.56 Å². The summed E-state index contributed by atoms with van der Waals surface area (Å²) in [6, 6.07) is 17.2. The van der Waals surface area contributed by atoms with Crippen molar-refractivity contribution in [2.24, 2.45) is 0 Å². The molecule has 0 aliphatic carbocycles. The molecule has 0 spiro atoms. The first kappa shape index (κ1) is 20.7. The van der Waals surface area contributed by atoms with E-state index in [4.69, 9.17) is 4.74 Å². The summed E-state index contributed by atoms with van der Waals surface area (Å²) in [5.74, 6) is 0.554. The lowest BCUT2D eigenvalue weighted by Crippen LogP contribution is -2.46. The van der Waals surface area contributed by atoms with Crippen LogP contribution in [0.1, 0.15) is 36.5 Å². The molecule has 6 heteroatoms. The number of hydrogen-bond donors (Lipinski definition) is 2. The molecule has 0 radical (unpaired) electrons. The largest absolute Gasteiger partial charge is 0.484 e. The van der Waals surface area contributed by atoms with E-state index in [-0.39, 0.29) is 24.5 Å². The van der Waals surface area contributed by atoms with Crippen LogP contribution in [0.2, 0.25) is 0 Å². The number of carbonyl (C=O) groups is 2. The van der Waals surface area contributed by atoms with Crippen LogP contribution in [0.25, 0.3) is 0 Å². The minimum absolute atomic E-state index is 0.0185. The zero-order chi connectivity index (χ0) is 20.5. The van der Waals surface area contributed by atoms with E-state index in [1.165, 1.54) is 0 Å². The Morgan fingerprint density at radius 3 is 2.45 bits per heavy atom. The Bertz CT molecular complexity index is 802. The third kappa shape index (κ3) is 5.98. The summed E-state index contributed by atoms with van der Waals surface area (Å²) in [6.07, 6.45) is 2.58. The van der Waals surface area contributed by atoms with E-state index < -0.39 is 0 Å². The first-order valence-corrected chi connectivity index (χ1v) is 10.3. The van der Waals surface area contributed by atoms with Crippen LogP contribution in [0.5, 0.6) is 5.75 Å². The van der Waals surface area contributed by atoms with Crippen LogP contribution in [0.3, 0.4) is 0 Å². The molecule has 0 bridgehead atoms. The Morgan fingerprint density at radius 1 is 1.03 bits per heavy atom. The third-order valence-corrected chi connectivity index (χ3v) is 5.00. The zero-order valence-corrected chi connectivity index (χ0v) is 16.9. The number of piperidine rings is 1. The summed E-state index contributed by atoms with van der Waals surface area (Å²) in [5.41, 5.74) is 1.66. The fourth-order valence-corrected chi connectivity index (χ4v) is 3.47. The molecule has 154 valence electrons. The number of carbonyl (C=O) groups excluding carboxylic acids is 2. The van der Waals surface area contributed by atoms with Crippen LogP contribution in [-0.2, 0) is 4.79 Å². The lowest BCUT2D eigenvalue weighted by Gasteiger charge is -2.34. The van der Waals surface area contributed by atoms with Gasteiger partial charge in [-0.15, -0.1) is 0 Å². The number of benzene rings is 2. The number of para-hydroxylation sites is 2. The van der Waals surface area contributed by atoms with Gasteiger partial charge in [-0.25, -0.2) is 0 Å². The highest BCUT2D eigenvalue weighted by Gasteiger charge is 2.23. The summed E-state index contributed by atoms with van der Waals surface area (Å²) < 4.78 is 5.51. The van der Waals surface area contributed by atoms with Crippen molar-refractivity contribution in [1.29, 1.82) is 0 Å². The molecule has 0 atom stereocenters. The van der Waals surface area contributed by atoms with Gasteiger partial charge >= 0.3 is 0 Å². The molecule has 1 fully saturated rings. The summed E-state index contributed by atoms with van der Waals surface area (Å²) >= 11 is 0. The van der Waals surface area contributed by atoms with E-state index in [0.29, 0.717) is 17.9 Å². The molecular formula is C23H29N3O3. The Morgan fingerprint density at radius 2 is 1.72 bits per heavy atom. The van der Waals surface area contributed by atoms with Crippen LogP contribution in [0, 0.1) is 0 Å². The van der Waals surface area contributed by atoms with Gasteiger partial charge in [0.25, 0.3) is 11.8 Å². The fraction of sp³-hybridized carbons (Fsp3) is 0.391. The Hall–Kier alpha value is -3.02. The Balaban J connectivity index is 1.49. The number of hydrogen-bond acceptors (Lipinski definition) is 4. The molecule has 29 heavy (non-hydrogen) atoms. The fourth-order valence-electron chi connectivity index (χ4n) is 3.47. The second-order valence-corrected chi connectivity index (χ2v) is 7.20. The van der Waals surface area contributed by atoms with Gasteiger partial charge in [0, 0.05) is 31.4 Å². The minimum Gasteiger partial charge on any atom is -0.484 e. The first-order chi connectivity index (χ1) is 14.2. The number of nitrogens with one attached hydrogen (secondary N) is 2. The van der Waals surface area contributed by atoms with Crippen molar-refractivity contribution in [1.82, 2.24) is 10.6 Å². The van der Waals surface area contributed by atoms with E-state index in [1.807, 2.05) is 61.5 Å². The molecular weight excluding hydrogens is 366 g/mol.